The van der Waals surface area contributed by atoms with Crippen molar-refractivity contribution in [2.24, 2.45) is 11.7 Å². The van der Waals surface area contributed by atoms with Crippen LogP contribution >= 0.6 is 12.4 Å². The van der Waals surface area contributed by atoms with Crippen LogP contribution in [0.2, 0.25) is 0 Å². The van der Waals surface area contributed by atoms with Crippen LogP contribution in [-0.4, -0.2) is 42.3 Å². The molecule has 1 amide bonds. The van der Waals surface area contributed by atoms with Gasteiger partial charge in [-0.1, -0.05) is 6.92 Å². The molecule has 5 nitrogen and oxygen atoms in total. The number of carbonyl (C=O) groups is 2. The number of halogens is 1. The van der Waals surface area contributed by atoms with Gasteiger partial charge in [0, 0.05) is 31.0 Å². The smallest absolute Gasteiger partial charge is 0.223 e. The van der Waals surface area contributed by atoms with Crippen LogP contribution in [0.4, 0.5) is 0 Å². The number of benzene rings is 1. The molecule has 0 radical (unpaired) electrons. The molecule has 6 heteroatoms. The molecule has 1 saturated heterocycles. The lowest BCUT2D eigenvalue weighted by molar-refractivity contribution is -0.131. The van der Waals surface area contributed by atoms with Gasteiger partial charge in [-0.15, -0.1) is 12.4 Å². The normalized spacial score (nSPS) is 19.4. The topological polar surface area (TPSA) is 72.6 Å². The third-order valence-electron chi connectivity index (χ3n) is 4.53. The van der Waals surface area contributed by atoms with Gasteiger partial charge in [-0.25, -0.2) is 0 Å². The molecule has 2 atom stereocenters. The molecular weight excluding hydrogens is 340 g/mol. The maximum Gasteiger partial charge on any atom is 0.223 e. The van der Waals surface area contributed by atoms with E-state index >= 15 is 0 Å². The lowest BCUT2D eigenvalue weighted by atomic mass is 10.1. The number of likely N-dealkylation sites (tertiary alicyclic amines) is 1. The summed E-state index contributed by atoms with van der Waals surface area (Å²) in [5.41, 5.74) is 6.32. The van der Waals surface area contributed by atoms with Gasteiger partial charge in [0.15, 0.2) is 5.78 Å². The van der Waals surface area contributed by atoms with Crippen molar-refractivity contribution in [3.63, 3.8) is 0 Å². The second kappa shape index (κ2) is 10.4. The average Bonchev–Trinajstić information content (AvgIpc) is 2.99. The minimum absolute atomic E-state index is 0. The van der Waals surface area contributed by atoms with E-state index < -0.39 is 0 Å². The Hall–Kier alpha value is -1.59. The van der Waals surface area contributed by atoms with Crippen LogP contribution < -0.4 is 10.5 Å². The molecule has 0 aliphatic carbocycles. The summed E-state index contributed by atoms with van der Waals surface area (Å²) >= 11 is 0. The van der Waals surface area contributed by atoms with Gasteiger partial charge in [-0.3, -0.25) is 9.59 Å². The summed E-state index contributed by atoms with van der Waals surface area (Å²) in [7, 11) is 0. The highest BCUT2D eigenvalue weighted by Gasteiger charge is 2.31. The van der Waals surface area contributed by atoms with E-state index in [0.717, 1.165) is 18.6 Å². The number of rotatable bonds is 8. The molecule has 25 heavy (non-hydrogen) atoms. The number of hydrogen-bond acceptors (Lipinski definition) is 4. The number of amides is 1. The van der Waals surface area contributed by atoms with Crippen molar-refractivity contribution >= 4 is 24.1 Å². The lowest BCUT2D eigenvalue weighted by Gasteiger charge is -2.21. The van der Waals surface area contributed by atoms with Gasteiger partial charge in [0.05, 0.1) is 6.61 Å². The maximum atomic E-state index is 12.3. The standard InChI is InChI=1S/C19H28N2O3.ClH/c1-3-10-24-17-6-4-16(5-7-17)18(22)8-9-19(23)21-13-15(12-20)11-14(21)2;/h4-7,14-15H,3,8-13,20H2,1-2H3;1H. The molecule has 1 aromatic rings. The van der Waals surface area contributed by atoms with Crippen LogP contribution in [0, 0.1) is 5.92 Å². The summed E-state index contributed by atoms with van der Waals surface area (Å²) in [4.78, 5) is 26.5. The summed E-state index contributed by atoms with van der Waals surface area (Å²) in [5.74, 6) is 1.20. The second-order valence-corrected chi connectivity index (χ2v) is 6.53. The van der Waals surface area contributed by atoms with Gasteiger partial charge in [0.1, 0.15) is 5.75 Å². The molecular formula is C19H29ClN2O3. The highest BCUT2D eigenvalue weighted by atomic mass is 35.5. The van der Waals surface area contributed by atoms with Gasteiger partial charge in [-0.05, 0) is 56.5 Å². The summed E-state index contributed by atoms with van der Waals surface area (Å²) in [6.45, 7) is 6.09. The molecule has 1 aliphatic rings. The number of nitrogens with zero attached hydrogens (tertiary/aromatic N) is 1. The molecule has 0 spiro atoms. The second-order valence-electron chi connectivity index (χ2n) is 6.53. The maximum absolute atomic E-state index is 12.3. The average molecular weight is 369 g/mol. The predicted molar refractivity (Wildman–Crippen MR) is 101 cm³/mol. The predicted octanol–water partition coefficient (Wildman–Crippen LogP) is 3.06. The third-order valence-corrected chi connectivity index (χ3v) is 4.53. The fourth-order valence-electron chi connectivity index (χ4n) is 3.13. The fraction of sp³-hybridized carbons (Fsp3) is 0.579. The molecule has 2 unspecified atom stereocenters. The molecule has 0 aromatic heterocycles. The number of hydrogen-bond donors (Lipinski definition) is 1. The van der Waals surface area contributed by atoms with Crippen molar-refractivity contribution in [2.75, 3.05) is 19.7 Å². The highest BCUT2D eigenvalue weighted by molar-refractivity contribution is 5.98. The van der Waals surface area contributed by atoms with Crippen molar-refractivity contribution in [3.05, 3.63) is 29.8 Å². The first-order valence-corrected chi connectivity index (χ1v) is 8.80. The number of ether oxygens (including phenoxy) is 1. The Morgan fingerprint density at radius 3 is 2.48 bits per heavy atom. The fourth-order valence-corrected chi connectivity index (χ4v) is 3.13. The summed E-state index contributed by atoms with van der Waals surface area (Å²) in [6, 6.07) is 7.36. The van der Waals surface area contributed by atoms with Gasteiger partial charge in [-0.2, -0.15) is 0 Å². The molecule has 1 heterocycles. The first-order chi connectivity index (χ1) is 11.5. The van der Waals surface area contributed by atoms with Crippen molar-refractivity contribution in [1.82, 2.24) is 4.90 Å². The SMILES string of the molecule is CCCOc1ccc(C(=O)CCC(=O)N2CC(CN)CC2C)cc1.Cl. The van der Waals surface area contributed by atoms with Crippen LogP contribution in [-0.2, 0) is 4.79 Å². The van der Waals surface area contributed by atoms with Crippen LogP contribution in [0.3, 0.4) is 0 Å². The van der Waals surface area contributed by atoms with Gasteiger partial charge in [0.2, 0.25) is 5.91 Å². The Morgan fingerprint density at radius 1 is 1.24 bits per heavy atom. The van der Waals surface area contributed by atoms with E-state index in [-0.39, 0.29) is 43.0 Å². The van der Waals surface area contributed by atoms with Gasteiger partial charge < -0.3 is 15.4 Å². The van der Waals surface area contributed by atoms with Gasteiger partial charge >= 0.3 is 0 Å². The zero-order chi connectivity index (χ0) is 17.5. The Labute approximate surface area is 156 Å². The molecule has 1 aliphatic heterocycles. The molecule has 0 saturated carbocycles. The van der Waals surface area contributed by atoms with Crippen molar-refractivity contribution < 1.29 is 14.3 Å². The van der Waals surface area contributed by atoms with E-state index in [4.69, 9.17) is 10.5 Å². The van der Waals surface area contributed by atoms with E-state index in [1.807, 2.05) is 18.7 Å². The Kier molecular flexibility index (Phi) is 8.93. The highest BCUT2D eigenvalue weighted by Crippen LogP contribution is 2.23. The molecule has 2 N–H and O–H groups in total. The minimum atomic E-state index is -0.00684. The number of nitrogens with two attached hydrogens (primary N) is 1. The number of ketones is 1. The van der Waals surface area contributed by atoms with E-state index in [1.165, 1.54) is 0 Å². The van der Waals surface area contributed by atoms with E-state index in [1.54, 1.807) is 24.3 Å². The monoisotopic (exact) mass is 368 g/mol. The Bertz CT molecular complexity index is 562. The first-order valence-electron chi connectivity index (χ1n) is 8.80. The van der Waals surface area contributed by atoms with E-state index in [0.29, 0.717) is 31.2 Å². The minimum Gasteiger partial charge on any atom is -0.494 e. The Morgan fingerprint density at radius 2 is 1.92 bits per heavy atom. The summed E-state index contributed by atoms with van der Waals surface area (Å²) in [5, 5.41) is 0. The lowest BCUT2D eigenvalue weighted by Crippen LogP contribution is -2.34. The van der Waals surface area contributed by atoms with Crippen LogP contribution in [0.1, 0.15) is 49.9 Å². The van der Waals surface area contributed by atoms with Crippen molar-refractivity contribution in [1.29, 1.82) is 0 Å². The summed E-state index contributed by atoms with van der Waals surface area (Å²) in [6.07, 6.45) is 2.40. The third kappa shape index (κ3) is 6.01. The largest absolute Gasteiger partial charge is 0.494 e. The van der Waals surface area contributed by atoms with Gasteiger partial charge in [0.25, 0.3) is 0 Å². The number of Topliss-reactive ketones (excluding diaryl/α,β-unsaturated/α-hetero) is 1. The van der Waals surface area contributed by atoms with Crippen LogP contribution in [0.25, 0.3) is 0 Å². The number of carbonyl (C=O) groups excluding carboxylic acids is 2. The van der Waals surface area contributed by atoms with E-state index in [9.17, 15) is 9.59 Å². The van der Waals surface area contributed by atoms with Crippen molar-refractivity contribution in [3.8, 4) is 5.75 Å². The molecule has 1 aromatic carbocycles. The van der Waals surface area contributed by atoms with E-state index in [2.05, 4.69) is 0 Å². The van der Waals surface area contributed by atoms with Crippen molar-refractivity contribution in [2.45, 2.75) is 45.6 Å². The molecule has 1 fully saturated rings. The van der Waals surface area contributed by atoms with Crippen LogP contribution in [0.5, 0.6) is 5.75 Å². The zero-order valence-electron chi connectivity index (χ0n) is 15.1. The first kappa shape index (κ1) is 21.5. The molecule has 140 valence electrons. The van der Waals surface area contributed by atoms with Crippen LogP contribution in [0.15, 0.2) is 24.3 Å². The zero-order valence-corrected chi connectivity index (χ0v) is 15.9. The molecule has 2 rings (SSSR count). The summed E-state index contributed by atoms with van der Waals surface area (Å²) < 4.78 is 5.51. The Balaban J connectivity index is 0.00000312. The molecule has 0 bridgehead atoms. The quantitative estimate of drug-likeness (QED) is 0.716.